The van der Waals surface area contributed by atoms with Crippen LogP contribution in [0.15, 0.2) is 59.1 Å². The van der Waals surface area contributed by atoms with Crippen molar-refractivity contribution in [2.24, 2.45) is 0 Å². The smallest absolute Gasteiger partial charge is 0.175 e. The standard InChI is InChI=1S/C23H23BrClNO2/c1-15-7-8-16(2)21(9-15)26-13-18-11-20(24)23(22(12-18)27-3)28-14-17-5-4-6-19(25)10-17/h4-12,26H,13-14H2,1-3H3. The summed E-state index contributed by atoms with van der Waals surface area (Å²) in [6.07, 6.45) is 0. The Bertz CT molecular complexity index is 975. The van der Waals surface area contributed by atoms with E-state index < -0.39 is 0 Å². The lowest BCUT2D eigenvalue weighted by Gasteiger charge is -2.16. The highest BCUT2D eigenvalue weighted by Gasteiger charge is 2.12. The van der Waals surface area contributed by atoms with Gasteiger partial charge in [-0.3, -0.25) is 0 Å². The first-order valence-electron chi connectivity index (χ1n) is 9.01. The highest BCUT2D eigenvalue weighted by molar-refractivity contribution is 9.10. The summed E-state index contributed by atoms with van der Waals surface area (Å²) in [6.45, 7) is 5.30. The fraction of sp³-hybridized carbons (Fsp3) is 0.217. The summed E-state index contributed by atoms with van der Waals surface area (Å²) in [5, 5.41) is 4.19. The molecule has 0 spiro atoms. The van der Waals surface area contributed by atoms with Crippen LogP contribution >= 0.6 is 27.5 Å². The van der Waals surface area contributed by atoms with Crippen molar-refractivity contribution in [1.29, 1.82) is 0 Å². The van der Waals surface area contributed by atoms with Crippen LogP contribution in [0.25, 0.3) is 0 Å². The van der Waals surface area contributed by atoms with Crippen molar-refractivity contribution in [1.82, 2.24) is 0 Å². The first-order valence-corrected chi connectivity index (χ1v) is 10.2. The number of nitrogens with one attached hydrogen (secondary N) is 1. The Morgan fingerprint density at radius 1 is 1.00 bits per heavy atom. The van der Waals surface area contributed by atoms with Crippen LogP contribution in [0.1, 0.15) is 22.3 Å². The van der Waals surface area contributed by atoms with Crippen molar-refractivity contribution < 1.29 is 9.47 Å². The number of aryl methyl sites for hydroxylation is 2. The highest BCUT2D eigenvalue weighted by Crippen LogP contribution is 2.37. The molecule has 0 bridgehead atoms. The molecular formula is C23H23BrClNO2. The zero-order valence-electron chi connectivity index (χ0n) is 16.2. The van der Waals surface area contributed by atoms with Crippen LogP contribution in [0.2, 0.25) is 5.02 Å². The van der Waals surface area contributed by atoms with E-state index in [-0.39, 0.29) is 0 Å². The molecule has 3 nitrogen and oxygen atoms in total. The zero-order valence-corrected chi connectivity index (χ0v) is 18.5. The van der Waals surface area contributed by atoms with E-state index in [0.717, 1.165) is 21.3 Å². The maximum absolute atomic E-state index is 6.05. The van der Waals surface area contributed by atoms with E-state index in [9.17, 15) is 0 Å². The van der Waals surface area contributed by atoms with Crippen LogP contribution in [-0.2, 0) is 13.2 Å². The Morgan fingerprint density at radius 2 is 1.82 bits per heavy atom. The van der Waals surface area contributed by atoms with Gasteiger partial charge in [0.2, 0.25) is 0 Å². The molecule has 1 N–H and O–H groups in total. The molecule has 0 atom stereocenters. The van der Waals surface area contributed by atoms with Crippen molar-refractivity contribution in [3.05, 3.63) is 86.3 Å². The first-order chi connectivity index (χ1) is 13.5. The molecule has 0 saturated heterocycles. The molecular weight excluding hydrogens is 438 g/mol. The number of methoxy groups -OCH3 is 1. The molecule has 0 aliphatic carbocycles. The zero-order chi connectivity index (χ0) is 20.1. The van der Waals surface area contributed by atoms with E-state index in [1.165, 1.54) is 11.1 Å². The van der Waals surface area contributed by atoms with Crippen molar-refractivity contribution in [2.45, 2.75) is 27.0 Å². The number of anilines is 1. The van der Waals surface area contributed by atoms with Crippen molar-refractivity contribution in [3.8, 4) is 11.5 Å². The molecule has 28 heavy (non-hydrogen) atoms. The van der Waals surface area contributed by atoms with Gasteiger partial charge in [-0.05, 0) is 82.4 Å². The predicted octanol–water partition coefficient (Wildman–Crippen LogP) is 6.92. The number of ether oxygens (including phenoxy) is 2. The molecule has 0 amide bonds. The van der Waals surface area contributed by atoms with Crippen molar-refractivity contribution in [2.75, 3.05) is 12.4 Å². The quantitative estimate of drug-likeness (QED) is 0.415. The summed E-state index contributed by atoms with van der Waals surface area (Å²) in [5.41, 5.74) is 5.69. The second-order valence-corrected chi connectivity index (χ2v) is 7.99. The third-order valence-electron chi connectivity index (χ3n) is 4.44. The average Bonchev–Trinajstić information content (AvgIpc) is 2.67. The number of hydrogen-bond acceptors (Lipinski definition) is 3. The Hall–Kier alpha value is -2.17. The second kappa shape index (κ2) is 9.35. The summed E-state index contributed by atoms with van der Waals surface area (Å²) in [5.74, 6) is 1.37. The minimum atomic E-state index is 0.412. The van der Waals surface area contributed by atoms with Gasteiger partial charge in [-0.1, -0.05) is 35.9 Å². The van der Waals surface area contributed by atoms with Gasteiger partial charge >= 0.3 is 0 Å². The van der Waals surface area contributed by atoms with Crippen molar-refractivity contribution >= 4 is 33.2 Å². The summed E-state index contributed by atoms with van der Waals surface area (Å²) < 4.78 is 12.4. The van der Waals surface area contributed by atoms with Crippen LogP contribution < -0.4 is 14.8 Å². The van der Waals surface area contributed by atoms with Gasteiger partial charge < -0.3 is 14.8 Å². The largest absolute Gasteiger partial charge is 0.493 e. The van der Waals surface area contributed by atoms with Gasteiger partial charge in [0.1, 0.15) is 6.61 Å². The Kier molecular flexibility index (Phi) is 6.87. The molecule has 0 aliphatic rings. The van der Waals surface area contributed by atoms with Crippen LogP contribution in [-0.4, -0.2) is 7.11 Å². The summed E-state index contributed by atoms with van der Waals surface area (Å²) in [4.78, 5) is 0. The fourth-order valence-electron chi connectivity index (χ4n) is 2.92. The molecule has 3 aromatic rings. The Morgan fingerprint density at radius 3 is 2.57 bits per heavy atom. The van der Waals surface area contributed by atoms with E-state index in [0.29, 0.717) is 29.7 Å². The molecule has 0 fully saturated rings. The van der Waals surface area contributed by atoms with E-state index in [2.05, 4.69) is 53.3 Å². The second-order valence-electron chi connectivity index (χ2n) is 6.70. The third-order valence-corrected chi connectivity index (χ3v) is 5.26. The van der Waals surface area contributed by atoms with Gasteiger partial charge in [0, 0.05) is 17.3 Å². The van der Waals surface area contributed by atoms with Gasteiger partial charge in [-0.15, -0.1) is 0 Å². The summed E-state index contributed by atoms with van der Waals surface area (Å²) in [6, 6.07) is 18.1. The van der Waals surface area contributed by atoms with Gasteiger partial charge in [0.05, 0.1) is 11.6 Å². The van der Waals surface area contributed by atoms with E-state index in [4.69, 9.17) is 21.1 Å². The number of rotatable bonds is 7. The maximum Gasteiger partial charge on any atom is 0.175 e. The molecule has 0 aliphatic heterocycles. The van der Waals surface area contributed by atoms with Gasteiger partial charge in [0.25, 0.3) is 0 Å². The minimum absolute atomic E-state index is 0.412. The van der Waals surface area contributed by atoms with E-state index in [1.807, 2.05) is 36.4 Å². The number of benzene rings is 3. The monoisotopic (exact) mass is 459 g/mol. The molecule has 0 aromatic heterocycles. The van der Waals surface area contributed by atoms with E-state index >= 15 is 0 Å². The molecule has 3 aromatic carbocycles. The molecule has 0 saturated carbocycles. The lowest BCUT2D eigenvalue weighted by Crippen LogP contribution is -2.04. The van der Waals surface area contributed by atoms with Crippen LogP contribution in [0.3, 0.4) is 0 Å². The Balaban J connectivity index is 1.74. The molecule has 0 unspecified atom stereocenters. The van der Waals surface area contributed by atoms with Crippen LogP contribution in [0, 0.1) is 13.8 Å². The molecule has 0 heterocycles. The van der Waals surface area contributed by atoms with Gasteiger partial charge in [-0.2, -0.15) is 0 Å². The highest BCUT2D eigenvalue weighted by atomic mass is 79.9. The first kappa shape index (κ1) is 20.6. The van der Waals surface area contributed by atoms with Crippen LogP contribution in [0.4, 0.5) is 5.69 Å². The molecule has 5 heteroatoms. The Labute approximate surface area is 179 Å². The normalized spacial score (nSPS) is 10.6. The average molecular weight is 461 g/mol. The summed E-state index contributed by atoms with van der Waals surface area (Å²) >= 11 is 9.67. The van der Waals surface area contributed by atoms with Gasteiger partial charge in [-0.25, -0.2) is 0 Å². The van der Waals surface area contributed by atoms with Crippen LogP contribution in [0.5, 0.6) is 11.5 Å². The minimum Gasteiger partial charge on any atom is -0.493 e. The maximum atomic E-state index is 6.05. The number of halogens is 2. The lowest BCUT2D eigenvalue weighted by atomic mass is 10.1. The van der Waals surface area contributed by atoms with Crippen molar-refractivity contribution in [3.63, 3.8) is 0 Å². The molecule has 146 valence electrons. The van der Waals surface area contributed by atoms with Gasteiger partial charge in [0.15, 0.2) is 11.5 Å². The topological polar surface area (TPSA) is 30.5 Å². The molecule has 0 radical (unpaired) electrons. The summed E-state index contributed by atoms with van der Waals surface area (Å²) in [7, 11) is 1.65. The SMILES string of the molecule is COc1cc(CNc2cc(C)ccc2C)cc(Br)c1OCc1cccc(Cl)c1. The van der Waals surface area contributed by atoms with E-state index in [1.54, 1.807) is 7.11 Å². The predicted molar refractivity (Wildman–Crippen MR) is 120 cm³/mol. The number of hydrogen-bond donors (Lipinski definition) is 1. The third kappa shape index (κ3) is 5.21. The lowest BCUT2D eigenvalue weighted by molar-refractivity contribution is 0.282. The molecule has 3 rings (SSSR count). The fourth-order valence-corrected chi connectivity index (χ4v) is 3.74.